The first-order chi connectivity index (χ1) is 11.2. The molecule has 1 unspecified atom stereocenters. The van der Waals surface area contributed by atoms with Crippen molar-refractivity contribution in [3.63, 3.8) is 0 Å². The van der Waals surface area contributed by atoms with Crippen LogP contribution in [0.1, 0.15) is 38.7 Å². The van der Waals surface area contributed by atoms with Crippen molar-refractivity contribution in [1.82, 2.24) is 14.5 Å². The first-order valence-corrected chi connectivity index (χ1v) is 8.16. The van der Waals surface area contributed by atoms with Crippen molar-refractivity contribution in [3.05, 3.63) is 30.1 Å². The molecule has 1 amide bonds. The summed E-state index contributed by atoms with van der Waals surface area (Å²) in [6, 6.07) is 5.84. The Morgan fingerprint density at radius 1 is 1.33 bits per heavy atom. The van der Waals surface area contributed by atoms with E-state index in [2.05, 4.69) is 4.98 Å². The van der Waals surface area contributed by atoms with Crippen LogP contribution in [0.5, 0.6) is 0 Å². The van der Waals surface area contributed by atoms with Gasteiger partial charge in [-0.05, 0) is 38.5 Å². The summed E-state index contributed by atoms with van der Waals surface area (Å²) in [5, 5.41) is 0. The van der Waals surface area contributed by atoms with Gasteiger partial charge in [0.25, 0.3) is 0 Å². The minimum atomic E-state index is -0.540. The third-order valence-electron chi connectivity index (χ3n) is 4.22. The molecule has 24 heavy (non-hydrogen) atoms. The van der Waals surface area contributed by atoms with E-state index in [4.69, 9.17) is 4.74 Å². The van der Waals surface area contributed by atoms with Crippen LogP contribution in [-0.2, 0) is 16.6 Å². The summed E-state index contributed by atoms with van der Waals surface area (Å²) in [6.45, 7) is 6.30. The maximum atomic E-state index is 12.4. The molecule has 1 fully saturated rings. The molecule has 3 rings (SSSR count). The van der Waals surface area contributed by atoms with Gasteiger partial charge < -0.3 is 14.2 Å². The fourth-order valence-corrected chi connectivity index (χ4v) is 2.98. The molecule has 6 nitrogen and oxygen atoms in total. The molecule has 6 heteroatoms. The molecule has 0 aliphatic carbocycles. The van der Waals surface area contributed by atoms with Crippen LogP contribution in [0.25, 0.3) is 11.0 Å². The van der Waals surface area contributed by atoms with Crippen LogP contribution in [0.2, 0.25) is 0 Å². The van der Waals surface area contributed by atoms with Gasteiger partial charge in [-0.3, -0.25) is 4.79 Å². The molecule has 1 aromatic heterocycles. The van der Waals surface area contributed by atoms with E-state index in [0.717, 1.165) is 16.6 Å². The number of nitrogens with zero attached hydrogens (tertiary/aromatic N) is 3. The van der Waals surface area contributed by atoms with Gasteiger partial charge in [-0.25, -0.2) is 9.78 Å². The Morgan fingerprint density at radius 3 is 2.79 bits per heavy atom. The zero-order valence-electron chi connectivity index (χ0n) is 14.6. The smallest absolute Gasteiger partial charge is 0.410 e. The van der Waals surface area contributed by atoms with Gasteiger partial charge in [0, 0.05) is 26.6 Å². The average Bonchev–Trinajstić information content (AvgIpc) is 2.87. The predicted molar refractivity (Wildman–Crippen MR) is 90.9 cm³/mol. The number of piperidine rings is 1. The summed E-state index contributed by atoms with van der Waals surface area (Å²) in [7, 11) is 1.93. The van der Waals surface area contributed by atoms with Crippen molar-refractivity contribution < 1.29 is 14.3 Å². The highest BCUT2D eigenvalue weighted by Gasteiger charge is 2.33. The second-order valence-electron chi connectivity index (χ2n) is 7.30. The lowest BCUT2D eigenvalue weighted by molar-refractivity contribution is -0.123. The molecule has 2 heterocycles. The molecule has 1 saturated heterocycles. The Kier molecular flexibility index (Phi) is 4.07. The number of fused-ring (bicyclic) bond motifs is 1. The minimum absolute atomic E-state index is 0.163. The number of aryl methyl sites for hydroxylation is 1. The number of hydrogen-bond donors (Lipinski definition) is 0. The number of likely N-dealkylation sites (tertiary alicyclic amines) is 1. The summed E-state index contributed by atoms with van der Waals surface area (Å²) in [5.74, 6) is -0.151. The Labute approximate surface area is 141 Å². The summed E-state index contributed by atoms with van der Waals surface area (Å²) >= 11 is 0. The van der Waals surface area contributed by atoms with Crippen LogP contribution in [0.4, 0.5) is 4.79 Å². The van der Waals surface area contributed by atoms with Crippen LogP contribution in [0, 0.1) is 0 Å². The highest BCUT2D eigenvalue weighted by molar-refractivity contribution is 5.89. The molecule has 1 aliphatic rings. The van der Waals surface area contributed by atoms with E-state index >= 15 is 0 Å². The van der Waals surface area contributed by atoms with E-state index in [1.807, 2.05) is 50.6 Å². The summed E-state index contributed by atoms with van der Waals surface area (Å²) in [5.41, 5.74) is 2.26. The molecule has 1 aromatic carbocycles. The second-order valence-corrected chi connectivity index (χ2v) is 7.30. The van der Waals surface area contributed by atoms with Gasteiger partial charge in [0.15, 0.2) is 0 Å². The van der Waals surface area contributed by atoms with E-state index in [-0.39, 0.29) is 17.8 Å². The Hall–Kier alpha value is -2.37. The molecule has 0 spiro atoms. The van der Waals surface area contributed by atoms with Gasteiger partial charge in [-0.2, -0.15) is 0 Å². The first-order valence-electron chi connectivity index (χ1n) is 8.16. The largest absolute Gasteiger partial charge is 0.444 e. The number of carbonyl (C=O) groups excluding carboxylic acids is 2. The monoisotopic (exact) mass is 329 g/mol. The Balaban J connectivity index is 1.83. The lowest BCUT2D eigenvalue weighted by Crippen LogP contribution is -2.45. The number of aromatic nitrogens is 2. The highest BCUT2D eigenvalue weighted by atomic mass is 16.6. The molecule has 0 radical (unpaired) electrons. The highest BCUT2D eigenvalue weighted by Crippen LogP contribution is 2.27. The third kappa shape index (κ3) is 3.27. The van der Waals surface area contributed by atoms with Gasteiger partial charge in [0.1, 0.15) is 11.4 Å². The Bertz CT molecular complexity index is 788. The fraction of sp³-hybridized carbons (Fsp3) is 0.500. The standard InChI is InChI=1S/C18H23N3O3/c1-18(2,3)24-17(23)21-8-7-16(22)13(10-21)12-5-6-14-15(9-12)20(4)11-19-14/h5-6,9,11,13H,7-8,10H2,1-4H3. The summed E-state index contributed by atoms with van der Waals surface area (Å²) < 4.78 is 7.36. The zero-order chi connectivity index (χ0) is 17.5. The van der Waals surface area contributed by atoms with E-state index in [0.29, 0.717) is 19.5 Å². The van der Waals surface area contributed by atoms with Crippen LogP contribution in [0.3, 0.4) is 0 Å². The first kappa shape index (κ1) is 16.5. The number of rotatable bonds is 1. The number of ether oxygens (including phenoxy) is 1. The van der Waals surface area contributed by atoms with Crippen molar-refractivity contribution in [2.45, 2.75) is 38.7 Å². The Morgan fingerprint density at radius 2 is 2.08 bits per heavy atom. The van der Waals surface area contributed by atoms with Gasteiger partial charge in [0.2, 0.25) is 0 Å². The third-order valence-corrected chi connectivity index (χ3v) is 4.22. The number of hydrogen-bond acceptors (Lipinski definition) is 4. The van der Waals surface area contributed by atoms with Crippen LogP contribution >= 0.6 is 0 Å². The maximum absolute atomic E-state index is 12.4. The van der Waals surface area contributed by atoms with Crippen molar-refractivity contribution in [3.8, 4) is 0 Å². The van der Waals surface area contributed by atoms with Crippen LogP contribution in [0.15, 0.2) is 24.5 Å². The van der Waals surface area contributed by atoms with E-state index in [1.54, 1.807) is 11.2 Å². The predicted octanol–water partition coefficient (Wildman–Crippen LogP) is 2.87. The summed E-state index contributed by atoms with van der Waals surface area (Å²) in [6.07, 6.45) is 1.75. The minimum Gasteiger partial charge on any atom is -0.444 e. The van der Waals surface area contributed by atoms with E-state index < -0.39 is 5.60 Å². The fourth-order valence-electron chi connectivity index (χ4n) is 2.98. The number of ketones is 1. The molecule has 1 aliphatic heterocycles. The molecule has 128 valence electrons. The van der Waals surface area contributed by atoms with Crippen molar-refractivity contribution in [2.75, 3.05) is 13.1 Å². The molecule has 0 bridgehead atoms. The molecule has 0 saturated carbocycles. The molecule has 1 atom stereocenters. The molecule has 2 aromatic rings. The zero-order valence-corrected chi connectivity index (χ0v) is 14.6. The quantitative estimate of drug-likeness (QED) is 0.807. The van der Waals surface area contributed by atoms with Crippen molar-refractivity contribution in [2.24, 2.45) is 7.05 Å². The lowest BCUT2D eigenvalue weighted by atomic mass is 9.89. The number of carbonyl (C=O) groups is 2. The number of benzene rings is 1. The maximum Gasteiger partial charge on any atom is 0.410 e. The van der Waals surface area contributed by atoms with Gasteiger partial charge in [-0.15, -0.1) is 0 Å². The molecular weight excluding hydrogens is 306 g/mol. The number of Topliss-reactive ketones (excluding diaryl/α,β-unsaturated/α-hetero) is 1. The van der Waals surface area contributed by atoms with Crippen molar-refractivity contribution >= 4 is 22.9 Å². The SMILES string of the molecule is Cn1cnc2ccc(C3CN(C(=O)OC(C)(C)C)CCC3=O)cc21. The van der Waals surface area contributed by atoms with E-state index in [9.17, 15) is 9.59 Å². The average molecular weight is 329 g/mol. The molecular formula is C18H23N3O3. The lowest BCUT2D eigenvalue weighted by Gasteiger charge is -2.33. The topological polar surface area (TPSA) is 64.4 Å². The second kappa shape index (κ2) is 5.92. The summed E-state index contributed by atoms with van der Waals surface area (Å²) in [4.78, 5) is 30.6. The normalized spacial score (nSPS) is 18.9. The van der Waals surface area contributed by atoms with E-state index in [1.165, 1.54) is 0 Å². The number of imidazole rings is 1. The number of amides is 1. The van der Waals surface area contributed by atoms with Gasteiger partial charge in [0.05, 0.1) is 23.3 Å². The van der Waals surface area contributed by atoms with Gasteiger partial charge in [-0.1, -0.05) is 6.07 Å². The molecule has 0 N–H and O–H groups in total. The van der Waals surface area contributed by atoms with Crippen LogP contribution < -0.4 is 0 Å². The van der Waals surface area contributed by atoms with Crippen molar-refractivity contribution in [1.29, 1.82) is 0 Å². The van der Waals surface area contributed by atoms with Crippen LogP contribution in [-0.4, -0.2) is 45.0 Å². The van der Waals surface area contributed by atoms with Gasteiger partial charge >= 0.3 is 6.09 Å².